The van der Waals surface area contributed by atoms with Crippen LogP contribution in [0.2, 0.25) is 5.02 Å². The van der Waals surface area contributed by atoms with Crippen molar-refractivity contribution >= 4 is 28.5 Å². The molecule has 0 aliphatic carbocycles. The maximum Gasteiger partial charge on any atom is 0.408 e. The van der Waals surface area contributed by atoms with E-state index in [-0.39, 0.29) is 18.0 Å². The predicted octanol–water partition coefficient (Wildman–Crippen LogP) is 7.84. The molecule has 0 fully saturated rings. The van der Waals surface area contributed by atoms with Gasteiger partial charge in [0.1, 0.15) is 12.4 Å². The number of benzene rings is 3. The van der Waals surface area contributed by atoms with Crippen molar-refractivity contribution < 1.29 is 14.6 Å². The van der Waals surface area contributed by atoms with Crippen LogP contribution < -0.4 is 10.3 Å². The van der Waals surface area contributed by atoms with Gasteiger partial charge in [0.25, 0.3) is 5.56 Å². The summed E-state index contributed by atoms with van der Waals surface area (Å²) in [4.78, 5) is 27.7. The summed E-state index contributed by atoms with van der Waals surface area (Å²) in [5.74, 6) is 0.790. The Labute approximate surface area is 234 Å². The van der Waals surface area contributed by atoms with Crippen molar-refractivity contribution in [1.29, 1.82) is 0 Å². The zero-order valence-corrected chi connectivity index (χ0v) is 23.8. The van der Waals surface area contributed by atoms with E-state index in [1.54, 1.807) is 22.8 Å². The number of amides is 1. The minimum absolute atomic E-state index is 0.0454. The van der Waals surface area contributed by atoms with Gasteiger partial charge in [0, 0.05) is 39.1 Å². The van der Waals surface area contributed by atoms with Gasteiger partial charge >= 0.3 is 6.09 Å². The van der Waals surface area contributed by atoms with Crippen LogP contribution >= 0.6 is 11.6 Å². The number of hydrogen-bond donors (Lipinski definition) is 1. The first-order chi connectivity index (χ1) is 18.5. The van der Waals surface area contributed by atoms with E-state index in [9.17, 15) is 14.7 Å². The first-order valence-corrected chi connectivity index (χ1v) is 13.5. The summed E-state index contributed by atoms with van der Waals surface area (Å²) in [5.41, 5.74) is 2.48. The molecule has 204 valence electrons. The van der Waals surface area contributed by atoms with Gasteiger partial charge in [-0.1, -0.05) is 67.9 Å². The van der Waals surface area contributed by atoms with Crippen LogP contribution in [-0.2, 0) is 19.7 Å². The van der Waals surface area contributed by atoms with E-state index in [2.05, 4.69) is 0 Å². The third kappa shape index (κ3) is 6.45. The summed E-state index contributed by atoms with van der Waals surface area (Å²) < 4.78 is 7.86. The van der Waals surface area contributed by atoms with Crippen molar-refractivity contribution in [2.24, 2.45) is 5.92 Å². The molecule has 1 N–H and O–H groups in total. The van der Waals surface area contributed by atoms with E-state index < -0.39 is 11.6 Å². The molecular weight excluding hydrogens is 512 g/mol. The molecule has 4 aromatic rings. The van der Waals surface area contributed by atoms with Gasteiger partial charge in [0.15, 0.2) is 0 Å². The molecule has 7 heteroatoms. The fraction of sp³-hybridized carbons (Fsp3) is 0.312. The molecule has 0 radical (unpaired) electrons. The normalized spacial score (nSPS) is 11.7. The molecule has 0 spiro atoms. The Kier molecular flexibility index (Phi) is 8.36. The third-order valence-corrected chi connectivity index (χ3v) is 6.88. The number of hydrogen-bond acceptors (Lipinski definition) is 3. The summed E-state index contributed by atoms with van der Waals surface area (Å²) in [6.45, 7) is 10.5. The second-order valence-electron chi connectivity index (χ2n) is 11.2. The molecule has 0 aliphatic heterocycles. The monoisotopic (exact) mass is 546 g/mol. The number of carbonyl (C=O) groups is 1. The second-order valence-corrected chi connectivity index (χ2v) is 11.6. The Balaban J connectivity index is 1.99. The molecule has 39 heavy (non-hydrogen) atoms. The van der Waals surface area contributed by atoms with Crippen molar-refractivity contribution in [3.63, 3.8) is 0 Å². The highest BCUT2D eigenvalue weighted by atomic mass is 35.5. The lowest BCUT2D eigenvalue weighted by atomic mass is 9.95. The fourth-order valence-electron chi connectivity index (χ4n) is 4.71. The molecule has 0 aliphatic rings. The summed E-state index contributed by atoms with van der Waals surface area (Å²) in [6, 6.07) is 22.8. The molecule has 0 saturated carbocycles. The average Bonchev–Trinajstić information content (AvgIpc) is 2.88. The van der Waals surface area contributed by atoms with Gasteiger partial charge in [0.05, 0.1) is 6.54 Å². The number of ether oxygens (including phenoxy) is 1. The Bertz CT molecular complexity index is 1520. The van der Waals surface area contributed by atoms with E-state index >= 15 is 0 Å². The maximum absolute atomic E-state index is 13.9. The summed E-state index contributed by atoms with van der Waals surface area (Å²) in [7, 11) is 0. The van der Waals surface area contributed by atoms with Gasteiger partial charge in [-0.2, -0.15) is 0 Å². The van der Waals surface area contributed by atoms with Crippen LogP contribution in [0.15, 0.2) is 77.6 Å². The summed E-state index contributed by atoms with van der Waals surface area (Å²) >= 11 is 6.23. The van der Waals surface area contributed by atoms with Crippen LogP contribution in [0.4, 0.5) is 4.79 Å². The summed E-state index contributed by atoms with van der Waals surface area (Å²) in [6.07, 6.45) is -1.05. The quantitative estimate of drug-likeness (QED) is 0.244. The third-order valence-electron chi connectivity index (χ3n) is 6.63. The van der Waals surface area contributed by atoms with Crippen molar-refractivity contribution in [2.45, 2.75) is 59.9 Å². The lowest BCUT2D eigenvalue weighted by Crippen LogP contribution is -2.45. The van der Waals surface area contributed by atoms with Crippen molar-refractivity contribution in [2.75, 3.05) is 0 Å². The molecule has 0 atom stereocenters. The van der Waals surface area contributed by atoms with E-state index in [0.717, 1.165) is 16.7 Å². The first kappa shape index (κ1) is 28.2. The SMILES string of the molecule is CC(C)Cn1c(CN(C(=O)O)C(C)(C)C)c(-c2ccc(Cl)cc2)c2cc(OCc3ccccc3)ccc2c1=O. The van der Waals surface area contributed by atoms with E-state index in [1.165, 1.54) is 4.90 Å². The van der Waals surface area contributed by atoms with E-state index in [4.69, 9.17) is 16.3 Å². The minimum Gasteiger partial charge on any atom is -0.489 e. The minimum atomic E-state index is -1.05. The molecule has 3 aromatic carbocycles. The molecule has 1 heterocycles. The maximum atomic E-state index is 13.9. The first-order valence-electron chi connectivity index (χ1n) is 13.1. The molecule has 0 unspecified atom stereocenters. The van der Waals surface area contributed by atoms with Crippen molar-refractivity contribution in [1.82, 2.24) is 9.47 Å². The zero-order chi connectivity index (χ0) is 28.3. The number of halogens is 1. The number of fused-ring (bicyclic) bond motifs is 1. The number of pyridine rings is 1. The smallest absolute Gasteiger partial charge is 0.408 e. The summed E-state index contributed by atoms with van der Waals surface area (Å²) in [5, 5.41) is 12.0. The van der Waals surface area contributed by atoms with Crippen LogP contribution in [-0.4, -0.2) is 26.2 Å². The highest BCUT2D eigenvalue weighted by Crippen LogP contribution is 2.35. The van der Waals surface area contributed by atoms with Crippen molar-refractivity contribution in [3.05, 3.63) is 99.4 Å². The number of rotatable bonds is 8. The lowest BCUT2D eigenvalue weighted by molar-refractivity contribution is 0.0937. The van der Waals surface area contributed by atoms with E-state index in [0.29, 0.717) is 40.4 Å². The van der Waals surface area contributed by atoms with Crippen LogP contribution in [0.5, 0.6) is 5.75 Å². The van der Waals surface area contributed by atoms with Crippen LogP contribution in [0.25, 0.3) is 21.9 Å². The topological polar surface area (TPSA) is 71.8 Å². The number of nitrogens with zero attached hydrogens (tertiary/aromatic N) is 2. The molecular formula is C32H35ClN2O4. The Morgan fingerprint density at radius 2 is 1.67 bits per heavy atom. The standard InChI is InChI=1S/C32H35ClN2O4/c1-21(2)18-34-28(19-35(31(37)38)32(3,4)5)29(23-11-13-24(33)14-12-23)27-17-25(15-16-26(27)30(34)36)39-20-22-9-7-6-8-10-22/h6-17,21H,18-20H2,1-5H3,(H,37,38). The predicted molar refractivity (Wildman–Crippen MR) is 158 cm³/mol. The van der Waals surface area contributed by atoms with Crippen LogP contribution in [0.1, 0.15) is 45.9 Å². The highest BCUT2D eigenvalue weighted by Gasteiger charge is 2.30. The van der Waals surface area contributed by atoms with Gasteiger partial charge in [-0.05, 0) is 68.1 Å². The second kappa shape index (κ2) is 11.5. The molecule has 1 aromatic heterocycles. The largest absolute Gasteiger partial charge is 0.489 e. The van der Waals surface area contributed by atoms with Gasteiger partial charge in [0.2, 0.25) is 0 Å². The average molecular weight is 547 g/mol. The van der Waals surface area contributed by atoms with Gasteiger partial charge < -0.3 is 14.4 Å². The van der Waals surface area contributed by atoms with Crippen LogP contribution in [0.3, 0.4) is 0 Å². The highest BCUT2D eigenvalue weighted by molar-refractivity contribution is 6.30. The molecule has 0 bridgehead atoms. The Hall–Kier alpha value is -3.77. The molecule has 4 rings (SSSR count). The molecule has 6 nitrogen and oxygen atoms in total. The van der Waals surface area contributed by atoms with Gasteiger partial charge in [-0.15, -0.1) is 0 Å². The van der Waals surface area contributed by atoms with Crippen molar-refractivity contribution in [3.8, 4) is 16.9 Å². The van der Waals surface area contributed by atoms with Crippen LogP contribution in [0, 0.1) is 5.92 Å². The Morgan fingerprint density at radius 3 is 2.26 bits per heavy atom. The molecule has 0 saturated heterocycles. The zero-order valence-electron chi connectivity index (χ0n) is 23.1. The number of carboxylic acid groups (broad SMARTS) is 1. The van der Waals surface area contributed by atoms with E-state index in [1.807, 2.05) is 89.2 Å². The fourth-order valence-corrected chi connectivity index (χ4v) is 4.83. The number of aromatic nitrogens is 1. The Morgan fingerprint density at radius 1 is 1.00 bits per heavy atom. The molecule has 1 amide bonds. The lowest BCUT2D eigenvalue weighted by Gasteiger charge is -2.35. The van der Waals surface area contributed by atoms with Gasteiger partial charge in [-0.3, -0.25) is 9.69 Å². The van der Waals surface area contributed by atoms with Gasteiger partial charge in [-0.25, -0.2) is 4.79 Å².